The predicted molar refractivity (Wildman–Crippen MR) is 196 cm³/mol. The first-order valence-corrected chi connectivity index (χ1v) is 18.5. The van der Waals surface area contributed by atoms with Crippen molar-refractivity contribution < 1.29 is 37.0 Å². The highest BCUT2D eigenvalue weighted by Crippen LogP contribution is 2.43. The Labute approximate surface area is 317 Å². The van der Waals surface area contributed by atoms with E-state index in [1.54, 1.807) is 17.2 Å². The van der Waals surface area contributed by atoms with Gasteiger partial charge in [-0.25, -0.2) is 14.8 Å². The van der Waals surface area contributed by atoms with Crippen LogP contribution in [0.5, 0.6) is 11.6 Å². The number of benzene rings is 2. The zero-order chi connectivity index (χ0) is 38.5. The van der Waals surface area contributed by atoms with Crippen LogP contribution in [0.2, 0.25) is 0 Å². The molecule has 2 saturated heterocycles. The van der Waals surface area contributed by atoms with Crippen molar-refractivity contribution in [2.75, 3.05) is 31.1 Å². The number of carbonyl (C=O) groups excluding carboxylic acids is 2. The highest BCUT2D eigenvalue weighted by atomic mass is 19.4. The molecular formula is C41H41F3N6O5. The van der Waals surface area contributed by atoms with E-state index < -0.39 is 17.8 Å². The van der Waals surface area contributed by atoms with Crippen LogP contribution >= 0.6 is 0 Å². The highest BCUT2D eigenvalue weighted by Gasteiger charge is 2.42. The van der Waals surface area contributed by atoms with Gasteiger partial charge in [-0.1, -0.05) is 30.3 Å². The van der Waals surface area contributed by atoms with Gasteiger partial charge in [-0.3, -0.25) is 4.79 Å². The van der Waals surface area contributed by atoms with Crippen molar-refractivity contribution in [3.8, 4) is 29.0 Å². The number of anilines is 1. The number of carbonyl (C=O) groups is 2. The van der Waals surface area contributed by atoms with Crippen LogP contribution in [0.15, 0.2) is 79.0 Å². The molecule has 7 rings (SSSR count). The summed E-state index contributed by atoms with van der Waals surface area (Å²) in [6.07, 6.45) is -0.205. The van der Waals surface area contributed by atoms with Gasteiger partial charge in [0.25, 0.3) is 5.91 Å². The Morgan fingerprint density at radius 1 is 1.00 bits per heavy atom. The number of rotatable bonds is 11. The normalized spacial score (nSPS) is 19.7. The molecular weight excluding hydrogens is 713 g/mol. The fourth-order valence-corrected chi connectivity index (χ4v) is 7.32. The number of nitrogens with zero attached hydrogens (tertiary/aromatic N) is 5. The van der Waals surface area contributed by atoms with Gasteiger partial charge >= 0.3 is 12.3 Å². The predicted octanol–water partition coefficient (Wildman–Crippen LogP) is 7.40. The molecule has 11 nitrogen and oxygen atoms in total. The van der Waals surface area contributed by atoms with Crippen molar-refractivity contribution in [2.45, 2.75) is 70.0 Å². The molecule has 14 heteroatoms. The third-order valence-electron chi connectivity index (χ3n) is 10.2. The molecule has 0 bridgehead atoms. The maximum atomic E-state index is 14.3. The molecule has 4 aromatic rings. The second-order valence-corrected chi connectivity index (χ2v) is 14.0. The van der Waals surface area contributed by atoms with Gasteiger partial charge in [0.05, 0.1) is 34.7 Å². The van der Waals surface area contributed by atoms with Crippen LogP contribution in [0, 0.1) is 17.2 Å². The molecule has 2 amide bonds. The third kappa shape index (κ3) is 8.77. The summed E-state index contributed by atoms with van der Waals surface area (Å²) < 4.78 is 57.5. The lowest BCUT2D eigenvalue weighted by Crippen LogP contribution is -2.48. The van der Waals surface area contributed by atoms with Crippen LogP contribution in [0.4, 0.5) is 23.7 Å². The standard InChI is InChI=1S/C41H41F3N6O5/c1-2-53-39-32(9-6-18-46-39)33-13-14-34(37(48-33)38(51)47-30-16-19-49(24-30)40(52)54-25-26-7-4-3-5-8-26)50-20-17-31(22-35(50)27-10-11-27)55-36-15-12-29(41(42,43)44)21-28(36)23-45/h3-9,12-15,18,21,27,30-31,35H,2,10-11,16-17,19-20,22,24-25H2,1H3,(H,47,51)/t30-,31-,35-/m1/s1. The van der Waals surface area contributed by atoms with Crippen molar-refractivity contribution in [2.24, 2.45) is 5.92 Å². The summed E-state index contributed by atoms with van der Waals surface area (Å²) in [6, 6.07) is 21.2. The fraction of sp³-hybridized carbons (Fsp3) is 0.390. The first kappa shape index (κ1) is 37.5. The molecule has 3 fully saturated rings. The number of ether oxygens (including phenoxy) is 3. The summed E-state index contributed by atoms with van der Waals surface area (Å²) in [7, 11) is 0. The van der Waals surface area contributed by atoms with Gasteiger partial charge in [0, 0.05) is 50.8 Å². The number of nitrogens with one attached hydrogen (secondary N) is 1. The average molecular weight is 755 g/mol. The number of pyridine rings is 2. The molecule has 1 saturated carbocycles. The maximum absolute atomic E-state index is 14.3. The van der Waals surface area contributed by atoms with Crippen molar-refractivity contribution in [3.63, 3.8) is 0 Å². The Bertz CT molecular complexity index is 2050. The molecule has 0 radical (unpaired) electrons. The second-order valence-electron chi connectivity index (χ2n) is 14.0. The summed E-state index contributed by atoms with van der Waals surface area (Å²) in [6.45, 7) is 3.60. The minimum Gasteiger partial charge on any atom is -0.489 e. The van der Waals surface area contributed by atoms with Crippen LogP contribution in [0.1, 0.15) is 66.2 Å². The van der Waals surface area contributed by atoms with Gasteiger partial charge in [-0.05, 0) is 80.1 Å². The van der Waals surface area contributed by atoms with E-state index in [4.69, 9.17) is 19.2 Å². The molecule has 4 heterocycles. The lowest BCUT2D eigenvalue weighted by molar-refractivity contribution is -0.137. The Morgan fingerprint density at radius 2 is 1.82 bits per heavy atom. The molecule has 1 aliphatic carbocycles. The van der Waals surface area contributed by atoms with Gasteiger partial charge in [0.15, 0.2) is 5.69 Å². The van der Waals surface area contributed by atoms with E-state index in [0.717, 1.165) is 30.5 Å². The number of nitriles is 1. The molecule has 0 spiro atoms. The summed E-state index contributed by atoms with van der Waals surface area (Å²) in [5, 5.41) is 12.8. The van der Waals surface area contributed by atoms with E-state index in [9.17, 15) is 28.0 Å². The summed E-state index contributed by atoms with van der Waals surface area (Å²) in [4.78, 5) is 40.3. The van der Waals surface area contributed by atoms with Crippen molar-refractivity contribution in [1.82, 2.24) is 20.2 Å². The van der Waals surface area contributed by atoms with Gasteiger partial charge in [0.1, 0.15) is 24.5 Å². The van der Waals surface area contributed by atoms with E-state index in [0.29, 0.717) is 67.7 Å². The second kappa shape index (κ2) is 16.3. The van der Waals surface area contributed by atoms with Crippen LogP contribution < -0.4 is 19.7 Å². The number of piperidine rings is 1. The summed E-state index contributed by atoms with van der Waals surface area (Å²) in [5.74, 6) is 0.439. The summed E-state index contributed by atoms with van der Waals surface area (Å²) >= 11 is 0. The molecule has 0 unspecified atom stereocenters. The fourth-order valence-electron chi connectivity index (χ4n) is 7.32. The molecule has 2 aromatic heterocycles. The average Bonchev–Trinajstić information content (AvgIpc) is 3.94. The molecule has 55 heavy (non-hydrogen) atoms. The van der Waals surface area contributed by atoms with E-state index in [-0.39, 0.29) is 54.3 Å². The Balaban J connectivity index is 1.12. The number of aromatic nitrogens is 2. The van der Waals surface area contributed by atoms with Crippen molar-refractivity contribution >= 4 is 17.7 Å². The smallest absolute Gasteiger partial charge is 0.416 e. The monoisotopic (exact) mass is 754 g/mol. The largest absolute Gasteiger partial charge is 0.489 e. The van der Waals surface area contributed by atoms with Gasteiger partial charge in [-0.15, -0.1) is 0 Å². The maximum Gasteiger partial charge on any atom is 0.416 e. The number of hydrogen-bond acceptors (Lipinski definition) is 9. The molecule has 1 N–H and O–H groups in total. The minimum atomic E-state index is -4.58. The topological polar surface area (TPSA) is 130 Å². The Kier molecular flexibility index (Phi) is 11.1. The number of alkyl halides is 3. The van der Waals surface area contributed by atoms with Crippen LogP contribution in [0.3, 0.4) is 0 Å². The molecule has 2 aromatic carbocycles. The SMILES string of the molecule is CCOc1ncccc1-c1ccc(N2CC[C@@H](Oc3ccc(C(F)(F)F)cc3C#N)C[C@@H]2C2CC2)c(C(=O)N[C@@H]2CCN(C(=O)OCc3ccccc3)C2)n1. The Morgan fingerprint density at radius 3 is 2.56 bits per heavy atom. The first-order valence-electron chi connectivity index (χ1n) is 18.5. The zero-order valence-corrected chi connectivity index (χ0v) is 30.3. The molecule has 286 valence electrons. The number of amides is 2. The van der Waals surface area contributed by atoms with E-state index in [1.165, 1.54) is 6.07 Å². The van der Waals surface area contributed by atoms with Gasteiger partial charge < -0.3 is 29.3 Å². The lowest BCUT2D eigenvalue weighted by Gasteiger charge is -2.42. The van der Waals surface area contributed by atoms with Crippen molar-refractivity contribution in [3.05, 3.63) is 101 Å². The zero-order valence-electron chi connectivity index (χ0n) is 30.3. The highest BCUT2D eigenvalue weighted by molar-refractivity contribution is 5.99. The van der Waals surface area contributed by atoms with E-state index in [1.807, 2.05) is 61.5 Å². The summed E-state index contributed by atoms with van der Waals surface area (Å²) in [5.41, 5.74) is 1.80. The van der Waals surface area contributed by atoms with Crippen LogP contribution in [-0.2, 0) is 17.5 Å². The quantitative estimate of drug-likeness (QED) is 0.167. The Hall–Kier alpha value is -5.84. The number of hydrogen-bond donors (Lipinski definition) is 1. The molecule has 3 aliphatic rings. The van der Waals surface area contributed by atoms with Gasteiger partial charge in [0.2, 0.25) is 5.88 Å². The first-order chi connectivity index (χ1) is 26.6. The minimum absolute atomic E-state index is 0.0448. The van der Waals surface area contributed by atoms with E-state index >= 15 is 0 Å². The number of likely N-dealkylation sites (tertiary alicyclic amines) is 1. The molecule has 2 aliphatic heterocycles. The molecule has 3 atom stereocenters. The van der Waals surface area contributed by atoms with Gasteiger partial charge in [-0.2, -0.15) is 18.4 Å². The number of halogens is 3. The van der Waals surface area contributed by atoms with E-state index in [2.05, 4.69) is 15.2 Å². The van der Waals surface area contributed by atoms with Crippen LogP contribution in [-0.4, -0.2) is 71.3 Å². The van der Waals surface area contributed by atoms with Crippen LogP contribution in [0.25, 0.3) is 11.3 Å². The lowest BCUT2D eigenvalue weighted by atomic mass is 9.94. The third-order valence-corrected chi connectivity index (χ3v) is 10.2. The van der Waals surface area contributed by atoms with Crippen molar-refractivity contribution in [1.29, 1.82) is 5.26 Å².